The van der Waals surface area contributed by atoms with E-state index in [-0.39, 0.29) is 0 Å². The molecule has 0 aromatic heterocycles. The number of rotatable bonds is 4. The number of nitriles is 1. The molecule has 0 saturated heterocycles. The van der Waals surface area contributed by atoms with Crippen molar-refractivity contribution in [3.8, 4) is 17.6 Å². The normalized spacial score (nSPS) is 9.85. The second-order valence-electron chi connectivity index (χ2n) is 4.12. The summed E-state index contributed by atoms with van der Waals surface area (Å²) in [7, 11) is 1.51. The van der Waals surface area contributed by atoms with Gasteiger partial charge < -0.3 is 15.2 Å². The molecule has 2 aromatic carbocycles. The van der Waals surface area contributed by atoms with Gasteiger partial charge in [-0.3, -0.25) is 0 Å². The third kappa shape index (κ3) is 3.14. The lowest BCUT2D eigenvalue weighted by Gasteiger charge is -2.13. The Morgan fingerprint density at radius 1 is 1.25 bits per heavy atom. The van der Waals surface area contributed by atoms with Crippen LogP contribution in [0.1, 0.15) is 11.1 Å². The Morgan fingerprint density at radius 3 is 2.55 bits per heavy atom. The van der Waals surface area contributed by atoms with Crippen LogP contribution in [0, 0.1) is 11.3 Å². The smallest absolute Gasteiger partial charge is 0.184 e. The van der Waals surface area contributed by atoms with E-state index < -0.39 is 0 Å². The maximum atomic E-state index is 8.89. The zero-order valence-electron chi connectivity index (χ0n) is 10.9. The molecule has 102 valence electrons. The summed E-state index contributed by atoms with van der Waals surface area (Å²) in [4.78, 5) is 0. The van der Waals surface area contributed by atoms with Crippen molar-refractivity contribution in [3.05, 3.63) is 52.5 Å². The molecule has 0 aliphatic carbocycles. The van der Waals surface area contributed by atoms with Crippen LogP contribution in [-0.2, 0) is 6.61 Å². The van der Waals surface area contributed by atoms with E-state index in [2.05, 4.69) is 0 Å². The lowest BCUT2D eigenvalue weighted by molar-refractivity contribution is 0.286. The quantitative estimate of drug-likeness (QED) is 0.876. The van der Waals surface area contributed by atoms with E-state index in [0.29, 0.717) is 34.4 Å². The summed E-state index contributed by atoms with van der Waals surface area (Å²) >= 11 is 5.82. The summed E-state index contributed by atoms with van der Waals surface area (Å²) in [6.07, 6.45) is 0. The highest BCUT2D eigenvalue weighted by atomic mass is 35.5. The van der Waals surface area contributed by atoms with Crippen molar-refractivity contribution in [2.75, 3.05) is 12.8 Å². The van der Waals surface area contributed by atoms with Crippen LogP contribution in [0.15, 0.2) is 36.4 Å². The van der Waals surface area contributed by atoms with Crippen molar-refractivity contribution in [1.82, 2.24) is 0 Å². The third-order valence-corrected chi connectivity index (χ3v) is 2.98. The highest BCUT2D eigenvalue weighted by Crippen LogP contribution is 2.35. The second kappa shape index (κ2) is 6.18. The van der Waals surface area contributed by atoms with Crippen molar-refractivity contribution in [1.29, 1.82) is 5.26 Å². The van der Waals surface area contributed by atoms with Gasteiger partial charge in [-0.2, -0.15) is 5.26 Å². The summed E-state index contributed by atoms with van der Waals surface area (Å²) in [5.74, 6) is 0.872. The molecule has 0 aliphatic rings. The van der Waals surface area contributed by atoms with Gasteiger partial charge >= 0.3 is 0 Å². The molecule has 5 heteroatoms. The van der Waals surface area contributed by atoms with Crippen molar-refractivity contribution in [3.63, 3.8) is 0 Å². The first kappa shape index (κ1) is 14.0. The fourth-order valence-corrected chi connectivity index (χ4v) is 1.86. The Kier molecular flexibility index (Phi) is 4.34. The standard InChI is InChI=1S/C15H13ClN2O2/c1-19-14-7-11(8-17)6-13(18)15(14)20-9-10-2-4-12(16)5-3-10/h2-7H,9,18H2,1H3. The molecule has 0 spiro atoms. The molecule has 0 atom stereocenters. The van der Waals surface area contributed by atoms with E-state index in [0.717, 1.165) is 5.56 Å². The minimum atomic E-state index is 0.337. The van der Waals surface area contributed by atoms with Gasteiger partial charge in [0.2, 0.25) is 0 Å². The molecule has 0 saturated carbocycles. The van der Waals surface area contributed by atoms with Gasteiger partial charge in [0.05, 0.1) is 24.4 Å². The van der Waals surface area contributed by atoms with Crippen molar-refractivity contribution >= 4 is 17.3 Å². The summed E-state index contributed by atoms with van der Waals surface area (Å²) in [6, 6.07) is 12.5. The summed E-state index contributed by atoms with van der Waals surface area (Å²) in [6.45, 7) is 0.337. The van der Waals surface area contributed by atoms with Crippen LogP contribution in [0.5, 0.6) is 11.5 Å². The van der Waals surface area contributed by atoms with Crippen LogP contribution < -0.4 is 15.2 Å². The minimum Gasteiger partial charge on any atom is -0.493 e. The zero-order chi connectivity index (χ0) is 14.5. The Hall–Kier alpha value is -2.38. The van der Waals surface area contributed by atoms with Crippen LogP contribution >= 0.6 is 11.6 Å². The number of hydrogen-bond acceptors (Lipinski definition) is 4. The van der Waals surface area contributed by atoms with Gasteiger partial charge in [-0.15, -0.1) is 0 Å². The number of anilines is 1. The summed E-state index contributed by atoms with van der Waals surface area (Å²) in [5, 5.41) is 9.56. The third-order valence-electron chi connectivity index (χ3n) is 2.73. The first-order chi connectivity index (χ1) is 9.63. The molecule has 20 heavy (non-hydrogen) atoms. The monoisotopic (exact) mass is 288 g/mol. The van der Waals surface area contributed by atoms with Gasteiger partial charge in [-0.25, -0.2) is 0 Å². The molecule has 2 rings (SSSR count). The second-order valence-corrected chi connectivity index (χ2v) is 4.56. The average Bonchev–Trinajstić information content (AvgIpc) is 2.47. The maximum Gasteiger partial charge on any atom is 0.184 e. The fourth-order valence-electron chi connectivity index (χ4n) is 1.73. The number of ether oxygens (including phenoxy) is 2. The Morgan fingerprint density at radius 2 is 1.95 bits per heavy atom. The predicted octanol–water partition coefficient (Wildman–Crippen LogP) is 3.38. The molecule has 0 fully saturated rings. The summed E-state index contributed by atoms with van der Waals surface area (Å²) in [5.41, 5.74) is 7.64. The SMILES string of the molecule is COc1cc(C#N)cc(N)c1OCc1ccc(Cl)cc1. The van der Waals surface area contributed by atoms with Gasteiger partial charge in [0.15, 0.2) is 11.5 Å². The molecule has 0 aliphatic heterocycles. The summed E-state index contributed by atoms with van der Waals surface area (Å²) < 4.78 is 10.9. The molecule has 0 bridgehead atoms. The number of nitrogens with zero attached hydrogens (tertiary/aromatic N) is 1. The topological polar surface area (TPSA) is 68.3 Å². The van der Waals surface area contributed by atoms with E-state index in [1.807, 2.05) is 18.2 Å². The van der Waals surface area contributed by atoms with Gasteiger partial charge in [0, 0.05) is 11.1 Å². The van der Waals surface area contributed by atoms with Crippen LogP contribution in [0.4, 0.5) is 5.69 Å². The van der Waals surface area contributed by atoms with E-state index in [9.17, 15) is 0 Å². The molecule has 0 radical (unpaired) electrons. The van der Waals surface area contributed by atoms with Crippen LogP contribution in [0.2, 0.25) is 5.02 Å². The van der Waals surface area contributed by atoms with Gasteiger partial charge in [0.25, 0.3) is 0 Å². The highest BCUT2D eigenvalue weighted by Gasteiger charge is 2.11. The number of halogens is 1. The van der Waals surface area contributed by atoms with Crippen molar-refractivity contribution < 1.29 is 9.47 Å². The molecule has 2 aromatic rings. The fraction of sp³-hybridized carbons (Fsp3) is 0.133. The first-order valence-electron chi connectivity index (χ1n) is 5.89. The lowest BCUT2D eigenvalue weighted by atomic mass is 10.2. The number of methoxy groups -OCH3 is 1. The molecular formula is C15H13ClN2O2. The zero-order valence-corrected chi connectivity index (χ0v) is 11.6. The number of nitrogen functional groups attached to an aromatic ring is 1. The first-order valence-corrected chi connectivity index (χ1v) is 6.26. The van der Waals surface area contributed by atoms with Gasteiger partial charge in [0.1, 0.15) is 6.61 Å². The van der Waals surface area contributed by atoms with E-state index in [4.69, 9.17) is 32.1 Å². The van der Waals surface area contributed by atoms with Crippen molar-refractivity contribution in [2.24, 2.45) is 0 Å². The Labute approximate surface area is 122 Å². The highest BCUT2D eigenvalue weighted by molar-refractivity contribution is 6.30. The molecule has 0 unspecified atom stereocenters. The molecular weight excluding hydrogens is 276 g/mol. The maximum absolute atomic E-state index is 8.89. The molecule has 0 amide bonds. The van der Waals surface area contributed by atoms with E-state index in [1.54, 1.807) is 24.3 Å². The molecule has 2 N–H and O–H groups in total. The van der Waals surface area contributed by atoms with Crippen LogP contribution in [-0.4, -0.2) is 7.11 Å². The van der Waals surface area contributed by atoms with E-state index >= 15 is 0 Å². The number of nitrogens with two attached hydrogens (primary N) is 1. The van der Waals surface area contributed by atoms with Gasteiger partial charge in [-0.1, -0.05) is 23.7 Å². The molecule has 0 heterocycles. The van der Waals surface area contributed by atoms with Crippen molar-refractivity contribution in [2.45, 2.75) is 6.61 Å². The average molecular weight is 289 g/mol. The largest absolute Gasteiger partial charge is 0.493 e. The van der Waals surface area contributed by atoms with Crippen LogP contribution in [0.25, 0.3) is 0 Å². The van der Waals surface area contributed by atoms with Crippen LogP contribution in [0.3, 0.4) is 0 Å². The Balaban J connectivity index is 2.21. The molecule has 4 nitrogen and oxygen atoms in total. The van der Waals surface area contributed by atoms with E-state index in [1.165, 1.54) is 7.11 Å². The van der Waals surface area contributed by atoms with Gasteiger partial charge in [-0.05, 0) is 23.8 Å². The predicted molar refractivity (Wildman–Crippen MR) is 77.9 cm³/mol. The number of benzene rings is 2. The number of hydrogen-bond donors (Lipinski definition) is 1. The minimum absolute atomic E-state index is 0.337. The lowest BCUT2D eigenvalue weighted by Crippen LogP contribution is -2.01. The Bertz CT molecular complexity index is 648.